The summed E-state index contributed by atoms with van der Waals surface area (Å²) in [6.45, 7) is 0. The van der Waals surface area contributed by atoms with Crippen molar-refractivity contribution >= 4 is 27.3 Å². The minimum atomic E-state index is -3.49. The number of nitriles is 1. The summed E-state index contributed by atoms with van der Waals surface area (Å²) in [6, 6.07) is 12.7. The van der Waals surface area contributed by atoms with Crippen LogP contribution in [0.4, 0.5) is 11.4 Å². The molecule has 0 aromatic heterocycles. The lowest BCUT2D eigenvalue weighted by Crippen LogP contribution is -2.13. The first-order chi connectivity index (χ1) is 11.3. The quantitative estimate of drug-likeness (QED) is 0.863. The Morgan fingerprint density at radius 3 is 2.38 bits per heavy atom. The van der Waals surface area contributed by atoms with Crippen LogP contribution in [-0.4, -0.2) is 27.7 Å². The van der Waals surface area contributed by atoms with E-state index in [-0.39, 0.29) is 11.6 Å². The number of carbonyl (C=O) groups is 1. The fraction of sp³-hybridized carbons (Fsp3) is 0.125. The molecule has 0 fully saturated rings. The Morgan fingerprint density at radius 1 is 1.17 bits per heavy atom. The van der Waals surface area contributed by atoms with Crippen LogP contribution < -0.4 is 14.8 Å². The van der Waals surface area contributed by atoms with E-state index in [4.69, 9.17) is 10.00 Å². The van der Waals surface area contributed by atoms with Gasteiger partial charge in [-0.15, -0.1) is 0 Å². The number of methoxy groups -OCH3 is 1. The van der Waals surface area contributed by atoms with Crippen LogP contribution in [0.25, 0.3) is 0 Å². The Labute approximate surface area is 139 Å². The molecule has 24 heavy (non-hydrogen) atoms. The van der Waals surface area contributed by atoms with Crippen LogP contribution in [0.3, 0.4) is 0 Å². The van der Waals surface area contributed by atoms with Crippen LogP contribution in [0.5, 0.6) is 5.75 Å². The Bertz CT molecular complexity index is 900. The summed E-state index contributed by atoms with van der Waals surface area (Å²) >= 11 is 0. The van der Waals surface area contributed by atoms with Gasteiger partial charge in [0.25, 0.3) is 5.91 Å². The molecule has 1 amide bonds. The molecule has 2 rings (SSSR count). The molecule has 2 aromatic rings. The zero-order valence-electron chi connectivity index (χ0n) is 13.0. The number of nitrogens with zero attached hydrogens (tertiary/aromatic N) is 1. The summed E-state index contributed by atoms with van der Waals surface area (Å²) in [4.78, 5) is 12.2. The standard InChI is InChI=1S/C16H15N3O4S/c1-23-15-8-7-13(9-14(15)19-24(2,21)22)18-16(20)12-5-3-11(10-17)4-6-12/h3-9,19H,1-2H3,(H,18,20). The molecule has 0 aliphatic carbocycles. The highest BCUT2D eigenvalue weighted by molar-refractivity contribution is 7.92. The maximum Gasteiger partial charge on any atom is 0.255 e. The van der Waals surface area contributed by atoms with Gasteiger partial charge in [0.15, 0.2) is 0 Å². The van der Waals surface area contributed by atoms with Gasteiger partial charge in [-0.3, -0.25) is 9.52 Å². The highest BCUT2D eigenvalue weighted by Gasteiger charge is 2.11. The first kappa shape index (κ1) is 17.3. The van der Waals surface area contributed by atoms with Crippen molar-refractivity contribution in [2.45, 2.75) is 0 Å². The Kier molecular flexibility index (Phi) is 5.06. The highest BCUT2D eigenvalue weighted by atomic mass is 32.2. The van der Waals surface area contributed by atoms with Gasteiger partial charge in [-0.1, -0.05) is 0 Å². The number of benzene rings is 2. The number of nitrogens with one attached hydrogen (secondary N) is 2. The first-order valence-corrected chi connectivity index (χ1v) is 8.69. The largest absolute Gasteiger partial charge is 0.495 e. The molecule has 0 unspecified atom stereocenters. The van der Waals surface area contributed by atoms with Crippen molar-refractivity contribution < 1.29 is 17.9 Å². The zero-order valence-corrected chi connectivity index (χ0v) is 13.8. The zero-order chi connectivity index (χ0) is 17.7. The van der Waals surface area contributed by atoms with E-state index in [0.717, 1.165) is 6.26 Å². The summed E-state index contributed by atoms with van der Waals surface area (Å²) in [5, 5.41) is 11.4. The van der Waals surface area contributed by atoms with Gasteiger partial charge in [-0.25, -0.2) is 8.42 Å². The van der Waals surface area contributed by atoms with Gasteiger partial charge in [-0.05, 0) is 42.5 Å². The van der Waals surface area contributed by atoms with Crippen LogP contribution >= 0.6 is 0 Å². The molecule has 0 radical (unpaired) electrons. The molecule has 0 saturated heterocycles. The Balaban J connectivity index is 2.24. The van der Waals surface area contributed by atoms with E-state index in [1.165, 1.54) is 25.3 Å². The lowest BCUT2D eigenvalue weighted by atomic mass is 10.1. The third-order valence-corrected chi connectivity index (χ3v) is 3.62. The molecule has 7 nitrogen and oxygen atoms in total. The Hall–Kier alpha value is -3.05. The molecule has 0 heterocycles. The van der Waals surface area contributed by atoms with Crippen molar-refractivity contribution in [2.75, 3.05) is 23.4 Å². The van der Waals surface area contributed by atoms with Crippen LogP contribution in [0.2, 0.25) is 0 Å². The summed E-state index contributed by atoms with van der Waals surface area (Å²) in [5.74, 6) is -0.0493. The highest BCUT2D eigenvalue weighted by Crippen LogP contribution is 2.28. The normalized spacial score (nSPS) is 10.5. The SMILES string of the molecule is COc1ccc(NC(=O)c2ccc(C#N)cc2)cc1NS(C)(=O)=O. The van der Waals surface area contributed by atoms with Crippen LogP contribution in [0.15, 0.2) is 42.5 Å². The van der Waals surface area contributed by atoms with Crippen molar-refractivity contribution in [3.63, 3.8) is 0 Å². The third kappa shape index (κ3) is 4.47. The lowest BCUT2D eigenvalue weighted by molar-refractivity contribution is 0.102. The van der Waals surface area contributed by atoms with Crippen molar-refractivity contribution in [3.05, 3.63) is 53.6 Å². The van der Waals surface area contributed by atoms with Gasteiger partial charge in [0.05, 0.1) is 30.7 Å². The average molecular weight is 345 g/mol. The van der Waals surface area contributed by atoms with E-state index in [2.05, 4.69) is 10.0 Å². The van der Waals surface area contributed by atoms with Gasteiger partial charge in [-0.2, -0.15) is 5.26 Å². The molecule has 0 atom stereocenters. The number of anilines is 2. The van der Waals surface area contributed by atoms with Crippen LogP contribution in [0, 0.1) is 11.3 Å². The minimum Gasteiger partial charge on any atom is -0.495 e. The number of hydrogen-bond donors (Lipinski definition) is 2. The van der Waals surface area contributed by atoms with E-state index < -0.39 is 10.0 Å². The summed E-state index contributed by atoms with van der Waals surface area (Å²) in [6.07, 6.45) is 1.02. The summed E-state index contributed by atoms with van der Waals surface area (Å²) < 4.78 is 30.2. The molecule has 124 valence electrons. The number of ether oxygens (including phenoxy) is 1. The molecule has 2 aromatic carbocycles. The number of carbonyl (C=O) groups excluding carboxylic acids is 1. The van der Waals surface area contributed by atoms with Crippen LogP contribution in [-0.2, 0) is 10.0 Å². The van der Waals surface area contributed by atoms with Crippen molar-refractivity contribution in [1.82, 2.24) is 0 Å². The number of hydrogen-bond acceptors (Lipinski definition) is 5. The predicted octanol–water partition coefficient (Wildman–Crippen LogP) is 2.19. The monoisotopic (exact) mass is 345 g/mol. The number of sulfonamides is 1. The summed E-state index contributed by atoms with van der Waals surface area (Å²) in [5.41, 5.74) is 1.45. The molecular weight excluding hydrogens is 330 g/mol. The summed E-state index contributed by atoms with van der Waals surface area (Å²) in [7, 11) is -2.07. The first-order valence-electron chi connectivity index (χ1n) is 6.80. The fourth-order valence-corrected chi connectivity index (χ4v) is 2.52. The molecule has 0 aliphatic rings. The van der Waals surface area contributed by atoms with Crippen molar-refractivity contribution in [2.24, 2.45) is 0 Å². The number of rotatable bonds is 5. The van der Waals surface area contributed by atoms with Crippen molar-refractivity contribution in [3.8, 4) is 11.8 Å². The predicted molar refractivity (Wildman–Crippen MR) is 90.6 cm³/mol. The van der Waals surface area contributed by atoms with Gasteiger partial charge in [0, 0.05) is 11.3 Å². The molecule has 2 N–H and O–H groups in total. The molecule has 0 saturated carbocycles. The second kappa shape index (κ2) is 7.02. The Morgan fingerprint density at radius 2 is 1.83 bits per heavy atom. The van der Waals surface area contributed by atoms with Gasteiger partial charge in [0.1, 0.15) is 5.75 Å². The molecule has 0 aliphatic heterocycles. The maximum absolute atomic E-state index is 12.2. The van der Waals surface area contributed by atoms with Gasteiger partial charge < -0.3 is 10.1 Å². The van der Waals surface area contributed by atoms with E-state index in [1.54, 1.807) is 24.3 Å². The van der Waals surface area contributed by atoms with Gasteiger partial charge >= 0.3 is 0 Å². The van der Waals surface area contributed by atoms with Gasteiger partial charge in [0.2, 0.25) is 10.0 Å². The van der Waals surface area contributed by atoms with Crippen LogP contribution in [0.1, 0.15) is 15.9 Å². The molecular formula is C16H15N3O4S. The minimum absolute atomic E-state index is 0.220. The fourth-order valence-electron chi connectivity index (χ4n) is 1.96. The third-order valence-electron chi connectivity index (χ3n) is 3.03. The van der Waals surface area contributed by atoms with E-state index in [1.807, 2.05) is 6.07 Å². The van der Waals surface area contributed by atoms with E-state index >= 15 is 0 Å². The topological polar surface area (TPSA) is 108 Å². The second-order valence-corrected chi connectivity index (χ2v) is 6.68. The average Bonchev–Trinajstić information content (AvgIpc) is 2.53. The maximum atomic E-state index is 12.2. The molecule has 0 spiro atoms. The van der Waals surface area contributed by atoms with E-state index in [0.29, 0.717) is 22.6 Å². The number of amides is 1. The van der Waals surface area contributed by atoms with Crippen molar-refractivity contribution in [1.29, 1.82) is 5.26 Å². The lowest BCUT2D eigenvalue weighted by Gasteiger charge is -2.12. The smallest absolute Gasteiger partial charge is 0.255 e. The molecule has 0 bridgehead atoms. The van der Waals surface area contributed by atoms with E-state index in [9.17, 15) is 13.2 Å². The molecule has 8 heteroatoms. The second-order valence-electron chi connectivity index (χ2n) is 4.93.